The molecular formula is C10H16ClN. The van der Waals surface area contributed by atoms with Crippen LogP contribution in [0, 0.1) is 0 Å². The van der Waals surface area contributed by atoms with E-state index in [1.807, 2.05) is 6.08 Å². The van der Waals surface area contributed by atoms with Gasteiger partial charge in [-0.15, -0.1) is 11.6 Å². The van der Waals surface area contributed by atoms with E-state index in [1.54, 1.807) is 0 Å². The van der Waals surface area contributed by atoms with Gasteiger partial charge in [-0.05, 0) is 19.3 Å². The average molecular weight is 186 g/mol. The molecule has 68 valence electrons. The van der Waals surface area contributed by atoms with Gasteiger partial charge in [0.25, 0.3) is 0 Å². The smallest absolute Gasteiger partial charge is 0.0404 e. The van der Waals surface area contributed by atoms with Crippen LogP contribution in [0.15, 0.2) is 24.3 Å². The van der Waals surface area contributed by atoms with Crippen molar-refractivity contribution >= 4 is 11.6 Å². The van der Waals surface area contributed by atoms with Gasteiger partial charge in [0, 0.05) is 18.5 Å². The summed E-state index contributed by atoms with van der Waals surface area (Å²) >= 11 is 5.50. The van der Waals surface area contributed by atoms with E-state index in [0.29, 0.717) is 11.9 Å². The Balaban J connectivity index is 2.06. The summed E-state index contributed by atoms with van der Waals surface area (Å²) < 4.78 is 0. The maximum atomic E-state index is 5.50. The van der Waals surface area contributed by atoms with Crippen LogP contribution in [0.3, 0.4) is 0 Å². The van der Waals surface area contributed by atoms with Crippen LogP contribution in [0.2, 0.25) is 0 Å². The SMILES string of the molecule is ClC/C=C/CNC1CC=CCC1. The summed E-state index contributed by atoms with van der Waals surface area (Å²) in [4.78, 5) is 0. The van der Waals surface area contributed by atoms with Crippen molar-refractivity contribution in [1.82, 2.24) is 5.32 Å². The lowest BCUT2D eigenvalue weighted by Crippen LogP contribution is -2.29. The molecule has 1 rings (SSSR count). The fourth-order valence-electron chi connectivity index (χ4n) is 1.36. The van der Waals surface area contributed by atoms with E-state index < -0.39 is 0 Å². The van der Waals surface area contributed by atoms with Crippen molar-refractivity contribution in [1.29, 1.82) is 0 Å². The number of hydrogen-bond donors (Lipinski definition) is 1. The van der Waals surface area contributed by atoms with E-state index in [-0.39, 0.29) is 0 Å². The first-order chi connectivity index (χ1) is 5.93. The Morgan fingerprint density at radius 1 is 1.42 bits per heavy atom. The predicted molar refractivity (Wildman–Crippen MR) is 54.6 cm³/mol. The van der Waals surface area contributed by atoms with Gasteiger partial charge in [-0.2, -0.15) is 0 Å². The second-order valence-corrected chi connectivity index (χ2v) is 3.32. The largest absolute Gasteiger partial charge is 0.310 e. The molecular weight excluding hydrogens is 170 g/mol. The van der Waals surface area contributed by atoms with Crippen molar-refractivity contribution in [3.8, 4) is 0 Å². The van der Waals surface area contributed by atoms with E-state index in [9.17, 15) is 0 Å². The summed E-state index contributed by atoms with van der Waals surface area (Å²) in [6, 6.07) is 0.676. The number of allylic oxidation sites excluding steroid dienone is 2. The topological polar surface area (TPSA) is 12.0 Å². The highest BCUT2D eigenvalue weighted by Crippen LogP contribution is 2.09. The van der Waals surface area contributed by atoms with E-state index >= 15 is 0 Å². The number of alkyl halides is 1. The fraction of sp³-hybridized carbons (Fsp3) is 0.600. The molecule has 0 saturated carbocycles. The zero-order valence-corrected chi connectivity index (χ0v) is 8.06. The minimum Gasteiger partial charge on any atom is -0.310 e. The highest BCUT2D eigenvalue weighted by molar-refractivity contribution is 6.18. The van der Waals surface area contributed by atoms with E-state index in [0.717, 1.165) is 6.54 Å². The van der Waals surface area contributed by atoms with Crippen LogP contribution in [0.5, 0.6) is 0 Å². The number of halogens is 1. The maximum absolute atomic E-state index is 5.50. The van der Waals surface area contributed by atoms with Crippen LogP contribution in [-0.4, -0.2) is 18.5 Å². The lowest BCUT2D eigenvalue weighted by molar-refractivity contribution is 0.498. The Bertz CT molecular complexity index is 163. The Kier molecular flexibility index (Phi) is 5.13. The molecule has 0 aliphatic heterocycles. The standard InChI is InChI=1S/C10H16ClN/c11-8-4-5-9-12-10-6-2-1-3-7-10/h1-2,4-5,10,12H,3,6-9H2/b5-4+. The molecule has 0 radical (unpaired) electrons. The maximum Gasteiger partial charge on any atom is 0.0404 e. The summed E-state index contributed by atoms with van der Waals surface area (Å²) in [6.07, 6.45) is 12.2. The molecule has 1 N–H and O–H groups in total. The Hall–Kier alpha value is -0.270. The molecule has 0 heterocycles. The minimum atomic E-state index is 0.617. The molecule has 0 amide bonds. The van der Waals surface area contributed by atoms with Gasteiger partial charge in [-0.3, -0.25) is 0 Å². The van der Waals surface area contributed by atoms with Crippen LogP contribution in [0.25, 0.3) is 0 Å². The molecule has 1 atom stereocenters. The highest BCUT2D eigenvalue weighted by atomic mass is 35.5. The molecule has 1 nitrogen and oxygen atoms in total. The van der Waals surface area contributed by atoms with Gasteiger partial charge < -0.3 is 5.32 Å². The van der Waals surface area contributed by atoms with Crippen molar-refractivity contribution < 1.29 is 0 Å². The Morgan fingerprint density at radius 2 is 2.33 bits per heavy atom. The number of hydrogen-bond acceptors (Lipinski definition) is 1. The van der Waals surface area contributed by atoms with Gasteiger partial charge in [-0.1, -0.05) is 24.3 Å². The van der Waals surface area contributed by atoms with Crippen molar-refractivity contribution in [3.05, 3.63) is 24.3 Å². The molecule has 12 heavy (non-hydrogen) atoms. The van der Waals surface area contributed by atoms with Crippen molar-refractivity contribution in [2.24, 2.45) is 0 Å². The van der Waals surface area contributed by atoms with Gasteiger partial charge in [0.2, 0.25) is 0 Å². The first-order valence-electron chi connectivity index (χ1n) is 4.53. The van der Waals surface area contributed by atoms with Gasteiger partial charge in [-0.25, -0.2) is 0 Å². The lowest BCUT2D eigenvalue weighted by atomic mass is 10.0. The van der Waals surface area contributed by atoms with Crippen molar-refractivity contribution in [2.75, 3.05) is 12.4 Å². The number of nitrogens with one attached hydrogen (secondary N) is 1. The van der Waals surface area contributed by atoms with Gasteiger partial charge in [0.05, 0.1) is 0 Å². The highest BCUT2D eigenvalue weighted by Gasteiger charge is 2.06. The van der Waals surface area contributed by atoms with Crippen molar-refractivity contribution in [2.45, 2.75) is 25.3 Å². The summed E-state index contributed by atoms with van der Waals surface area (Å²) in [5.41, 5.74) is 0. The summed E-state index contributed by atoms with van der Waals surface area (Å²) in [6.45, 7) is 0.950. The Labute approximate surface area is 79.5 Å². The molecule has 0 aromatic heterocycles. The predicted octanol–water partition coefficient (Wildman–Crippen LogP) is 2.48. The molecule has 1 aliphatic rings. The fourth-order valence-corrected chi connectivity index (χ4v) is 1.49. The van der Waals surface area contributed by atoms with E-state index in [4.69, 9.17) is 11.6 Å². The molecule has 0 spiro atoms. The third-order valence-corrected chi connectivity index (χ3v) is 2.23. The first-order valence-corrected chi connectivity index (χ1v) is 5.06. The van der Waals surface area contributed by atoms with Crippen LogP contribution >= 0.6 is 11.6 Å². The quantitative estimate of drug-likeness (QED) is 0.524. The number of rotatable bonds is 4. The first kappa shape index (κ1) is 9.82. The zero-order chi connectivity index (χ0) is 8.65. The van der Waals surface area contributed by atoms with E-state index in [1.165, 1.54) is 19.3 Å². The molecule has 0 saturated heterocycles. The average Bonchev–Trinajstić information content (AvgIpc) is 2.14. The third-order valence-electron chi connectivity index (χ3n) is 2.05. The Morgan fingerprint density at radius 3 is 3.00 bits per heavy atom. The normalized spacial score (nSPS) is 23.6. The van der Waals surface area contributed by atoms with Crippen LogP contribution < -0.4 is 5.32 Å². The minimum absolute atomic E-state index is 0.617. The van der Waals surface area contributed by atoms with Crippen molar-refractivity contribution in [3.63, 3.8) is 0 Å². The van der Waals surface area contributed by atoms with Gasteiger partial charge in [0.15, 0.2) is 0 Å². The summed E-state index contributed by atoms with van der Waals surface area (Å²) in [5.74, 6) is 0.617. The van der Waals surface area contributed by atoms with Crippen LogP contribution in [0.1, 0.15) is 19.3 Å². The molecule has 1 unspecified atom stereocenters. The molecule has 0 bridgehead atoms. The second kappa shape index (κ2) is 6.27. The van der Waals surface area contributed by atoms with Crippen LogP contribution in [-0.2, 0) is 0 Å². The van der Waals surface area contributed by atoms with E-state index in [2.05, 4.69) is 23.5 Å². The third kappa shape index (κ3) is 3.93. The zero-order valence-electron chi connectivity index (χ0n) is 7.30. The molecule has 0 aromatic carbocycles. The monoisotopic (exact) mass is 185 g/mol. The summed E-state index contributed by atoms with van der Waals surface area (Å²) in [5, 5.41) is 3.46. The second-order valence-electron chi connectivity index (χ2n) is 3.02. The molecule has 0 fully saturated rings. The van der Waals surface area contributed by atoms with Gasteiger partial charge in [0.1, 0.15) is 0 Å². The summed E-state index contributed by atoms with van der Waals surface area (Å²) in [7, 11) is 0. The lowest BCUT2D eigenvalue weighted by Gasteiger charge is -2.18. The van der Waals surface area contributed by atoms with Gasteiger partial charge >= 0.3 is 0 Å². The molecule has 0 aromatic rings. The van der Waals surface area contributed by atoms with Crippen LogP contribution in [0.4, 0.5) is 0 Å². The molecule has 2 heteroatoms. The molecule has 1 aliphatic carbocycles.